The van der Waals surface area contributed by atoms with Crippen LogP contribution in [0, 0.1) is 5.82 Å². The van der Waals surface area contributed by atoms with E-state index in [0.29, 0.717) is 0 Å². The molecule has 0 aliphatic rings. The molecule has 0 aliphatic heterocycles. The number of hydrogen-bond acceptors (Lipinski definition) is 2. The van der Waals surface area contributed by atoms with Crippen LogP contribution in [0.1, 0.15) is 0 Å². The van der Waals surface area contributed by atoms with Crippen molar-refractivity contribution in [3.8, 4) is 10.6 Å². The molecular weight excluding hydrogens is 253 g/mol. The number of halogens is 2. The van der Waals surface area contributed by atoms with E-state index in [4.69, 9.17) is 0 Å². The van der Waals surface area contributed by atoms with Crippen molar-refractivity contribution in [1.82, 2.24) is 4.98 Å². The van der Waals surface area contributed by atoms with Gasteiger partial charge in [-0.05, 0) is 28.1 Å². The van der Waals surface area contributed by atoms with Gasteiger partial charge >= 0.3 is 0 Å². The average Bonchev–Trinajstić information content (AvgIpc) is 2.52. The SMILES string of the molecule is Fc1cccc(-c2ncc(Br)s2)c1. The maximum atomic E-state index is 12.8. The minimum absolute atomic E-state index is 0.233. The highest BCUT2D eigenvalue weighted by molar-refractivity contribution is 9.11. The Labute approximate surface area is 87.4 Å². The molecule has 2 aromatic rings. The van der Waals surface area contributed by atoms with E-state index < -0.39 is 0 Å². The third-order valence-electron chi connectivity index (χ3n) is 1.55. The summed E-state index contributed by atoms with van der Waals surface area (Å²) >= 11 is 4.80. The molecule has 0 N–H and O–H groups in total. The molecule has 13 heavy (non-hydrogen) atoms. The van der Waals surface area contributed by atoms with E-state index >= 15 is 0 Å². The van der Waals surface area contributed by atoms with E-state index in [-0.39, 0.29) is 5.82 Å². The first-order valence-corrected chi connectivity index (χ1v) is 5.24. The Hall–Kier alpha value is -0.740. The van der Waals surface area contributed by atoms with E-state index in [2.05, 4.69) is 20.9 Å². The van der Waals surface area contributed by atoms with Crippen molar-refractivity contribution in [2.45, 2.75) is 0 Å². The van der Waals surface area contributed by atoms with Crippen LogP contribution in [0.25, 0.3) is 10.6 Å². The van der Waals surface area contributed by atoms with Crippen LogP contribution in [-0.4, -0.2) is 4.98 Å². The van der Waals surface area contributed by atoms with Crippen molar-refractivity contribution < 1.29 is 4.39 Å². The number of nitrogens with zero attached hydrogens (tertiary/aromatic N) is 1. The largest absolute Gasteiger partial charge is 0.243 e. The Morgan fingerprint density at radius 1 is 1.38 bits per heavy atom. The molecule has 0 amide bonds. The lowest BCUT2D eigenvalue weighted by atomic mass is 10.2. The van der Waals surface area contributed by atoms with Gasteiger partial charge in [-0.1, -0.05) is 12.1 Å². The number of rotatable bonds is 1. The van der Waals surface area contributed by atoms with E-state index in [1.165, 1.54) is 23.5 Å². The summed E-state index contributed by atoms with van der Waals surface area (Å²) < 4.78 is 13.8. The first kappa shape index (κ1) is 8.84. The summed E-state index contributed by atoms with van der Waals surface area (Å²) in [5.74, 6) is -0.233. The number of thiazole rings is 1. The first-order valence-electron chi connectivity index (χ1n) is 3.63. The molecular formula is C9H5BrFNS. The number of hydrogen-bond donors (Lipinski definition) is 0. The van der Waals surface area contributed by atoms with Gasteiger partial charge in [-0.2, -0.15) is 0 Å². The number of aromatic nitrogens is 1. The van der Waals surface area contributed by atoms with Crippen molar-refractivity contribution in [3.05, 3.63) is 40.1 Å². The quantitative estimate of drug-likeness (QED) is 0.759. The van der Waals surface area contributed by atoms with Crippen LogP contribution in [0.15, 0.2) is 34.2 Å². The zero-order chi connectivity index (χ0) is 9.26. The molecule has 2 rings (SSSR count). The molecule has 0 aliphatic carbocycles. The van der Waals surface area contributed by atoms with Gasteiger partial charge in [0.15, 0.2) is 0 Å². The van der Waals surface area contributed by atoms with Gasteiger partial charge in [-0.3, -0.25) is 0 Å². The Morgan fingerprint density at radius 2 is 2.23 bits per heavy atom. The maximum Gasteiger partial charge on any atom is 0.124 e. The fraction of sp³-hybridized carbons (Fsp3) is 0. The second-order valence-corrected chi connectivity index (χ2v) is 4.89. The molecule has 4 heteroatoms. The molecule has 66 valence electrons. The third kappa shape index (κ3) is 1.95. The summed E-state index contributed by atoms with van der Waals surface area (Å²) in [4.78, 5) is 4.13. The van der Waals surface area contributed by atoms with Gasteiger partial charge in [0.1, 0.15) is 10.8 Å². The number of benzene rings is 1. The zero-order valence-corrected chi connectivity index (χ0v) is 8.90. The van der Waals surface area contributed by atoms with E-state index in [1.807, 2.05) is 6.07 Å². The second-order valence-electron chi connectivity index (χ2n) is 2.48. The standard InChI is InChI=1S/C9H5BrFNS/c10-8-5-12-9(13-8)6-2-1-3-7(11)4-6/h1-5H. The summed E-state index contributed by atoms with van der Waals surface area (Å²) in [7, 11) is 0. The lowest BCUT2D eigenvalue weighted by Crippen LogP contribution is -1.77. The van der Waals surface area contributed by atoms with Crippen molar-refractivity contribution in [1.29, 1.82) is 0 Å². The van der Waals surface area contributed by atoms with Crippen LogP contribution in [0.3, 0.4) is 0 Å². The molecule has 0 bridgehead atoms. The Kier molecular flexibility index (Phi) is 2.42. The fourth-order valence-electron chi connectivity index (χ4n) is 1.01. The highest BCUT2D eigenvalue weighted by Gasteiger charge is 2.03. The van der Waals surface area contributed by atoms with E-state index in [9.17, 15) is 4.39 Å². The highest BCUT2D eigenvalue weighted by atomic mass is 79.9. The lowest BCUT2D eigenvalue weighted by molar-refractivity contribution is 0.628. The summed E-state index contributed by atoms with van der Waals surface area (Å²) in [5, 5.41) is 0.825. The molecule has 1 aromatic heterocycles. The van der Waals surface area contributed by atoms with Crippen molar-refractivity contribution in [3.63, 3.8) is 0 Å². The summed E-state index contributed by atoms with van der Waals surface area (Å²) in [6, 6.07) is 6.42. The molecule has 1 heterocycles. The predicted octanol–water partition coefficient (Wildman–Crippen LogP) is 3.71. The third-order valence-corrected chi connectivity index (χ3v) is 3.07. The van der Waals surface area contributed by atoms with Gasteiger partial charge in [-0.25, -0.2) is 9.37 Å². The van der Waals surface area contributed by atoms with E-state index in [0.717, 1.165) is 14.4 Å². The first-order chi connectivity index (χ1) is 6.25. The van der Waals surface area contributed by atoms with Gasteiger partial charge in [0, 0.05) is 5.56 Å². The average molecular weight is 258 g/mol. The fourth-order valence-corrected chi connectivity index (χ4v) is 2.21. The van der Waals surface area contributed by atoms with Crippen molar-refractivity contribution in [2.24, 2.45) is 0 Å². The highest BCUT2D eigenvalue weighted by Crippen LogP contribution is 2.28. The molecule has 0 unspecified atom stereocenters. The van der Waals surface area contributed by atoms with Gasteiger partial charge < -0.3 is 0 Å². The summed E-state index contributed by atoms with van der Waals surface area (Å²) in [6.45, 7) is 0. The smallest absolute Gasteiger partial charge is 0.124 e. The minimum Gasteiger partial charge on any atom is -0.243 e. The van der Waals surface area contributed by atoms with Gasteiger partial charge in [0.25, 0.3) is 0 Å². The molecule has 0 saturated heterocycles. The van der Waals surface area contributed by atoms with Crippen LogP contribution in [-0.2, 0) is 0 Å². The van der Waals surface area contributed by atoms with Gasteiger partial charge in [-0.15, -0.1) is 11.3 Å². The Balaban J connectivity index is 2.46. The lowest BCUT2D eigenvalue weighted by Gasteiger charge is -1.94. The van der Waals surface area contributed by atoms with Gasteiger partial charge in [0.05, 0.1) is 9.98 Å². The molecule has 0 saturated carbocycles. The van der Waals surface area contributed by atoms with Crippen molar-refractivity contribution >= 4 is 27.3 Å². The van der Waals surface area contributed by atoms with Crippen LogP contribution < -0.4 is 0 Å². The van der Waals surface area contributed by atoms with Crippen LogP contribution in [0.2, 0.25) is 0 Å². The summed E-state index contributed by atoms with van der Waals surface area (Å²) in [5.41, 5.74) is 0.815. The second kappa shape index (κ2) is 3.55. The van der Waals surface area contributed by atoms with Gasteiger partial charge in [0.2, 0.25) is 0 Å². The molecule has 0 radical (unpaired) electrons. The minimum atomic E-state index is -0.233. The Morgan fingerprint density at radius 3 is 2.85 bits per heavy atom. The molecule has 1 nitrogen and oxygen atoms in total. The summed E-state index contributed by atoms with van der Waals surface area (Å²) in [6.07, 6.45) is 1.71. The Bertz CT molecular complexity index is 427. The molecule has 1 aromatic carbocycles. The topological polar surface area (TPSA) is 12.9 Å². The van der Waals surface area contributed by atoms with Crippen LogP contribution >= 0.6 is 27.3 Å². The zero-order valence-electron chi connectivity index (χ0n) is 6.50. The molecule has 0 spiro atoms. The van der Waals surface area contributed by atoms with Crippen molar-refractivity contribution in [2.75, 3.05) is 0 Å². The maximum absolute atomic E-state index is 12.8. The predicted molar refractivity (Wildman–Crippen MR) is 55.2 cm³/mol. The molecule has 0 atom stereocenters. The normalized spacial score (nSPS) is 10.3. The van der Waals surface area contributed by atoms with Crippen LogP contribution in [0.5, 0.6) is 0 Å². The van der Waals surface area contributed by atoms with Crippen LogP contribution in [0.4, 0.5) is 4.39 Å². The monoisotopic (exact) mass is 257 g/mol. The molecule has 0 fully saturated rings. The van der Waals surface area contributed by atoms with E-state index in [1.54, 1.807) is 12.3 Å².